The molecule has 8 heteroatoms. The number of carbonyl (C=O) groups excluding carboxylic acids is 1. The summed E-state index contributed by atoms with van der Waals surface area (Å²) >= 11 is 0. The largest absolute Gasteiger partial charge is 0.507 e. The standard InChI is InChI=1S/C38H46O8/c1-26(2)8-7-9-27(3)20-22-43-31-15-11-29(33(39)24-31)13-18-37(41)46-35(38(5,6)42)17-10-28(4)21-23-44-32-16-12-30-14-19-36(40)45-34(30)25-32/h8,11-16,18-21,24-25,35,39,42H,7,9-10,17,22-23H2,1-6H3. The first-order valence-corrected chi connectivity index (χ1v) is 15.5. The molecule has 2 N–H and O–H groups in total. The number of allylic oxidation sites excluding steroid dienone is 4. The van der Waals surface area contributed by atoms with Crippen LogP contribution >= 0.6 is 0 Å². The molecule has 0 saturated carbocycles. The molecule has 0 fully saturated rings. The van der Waals surface area contributed by atoms with E-state index >= 15 is 0 Å². The Labute approximate surface area is 271 Å². The molecule has 0 saturated heterocycles. The van der Waals surface area contributed by atoms with Gasteiger partial charge in [-0.3, -0.25) is 0 Å². The molecule has 0 aliphatic carbocycles. The van der Waals surface area contributed by atoms with Crippen LogP contribution in [0.1, 0.15) is 72.8 Å². The predicted octanol–water partition coefficient (Wildman–Crippen LogP) is 8.07. The fourth-order valence-corrected chi connectivity index (χ4v) is 4.49. The van der Waals surface area contributed by atoms with Crippen molar-refractivity contribution in [2.24, 2.45) is 0 Å². The van der Waals surface area contributed by atoms with Gasteiger partial charge in [0, 0.05) is 35.2 Å². The number of phenols is 1. The predicted molar refractivity (Wildman–Crippen MR) is 182 cm³/mol. The average molecular weight is 631 g/mol. The molecule has 0 spiro atoms. The third-order valence-electron chi connectivity index (χ3n) is 7.30. The van der Waals surface area contributed by atoms with E-state index < -0.39 is 23.3 Å². The Kier molecular flexibility index (Phi) is 13.4. The molecule has 246 valence electrons. The van der Waals surface area contributed by atoms with Crippen LogP contribution in [0.5, 0.6) is 17.2 Å². The highest BCUT2D eigenvalue weighted by Crippen LogP contribution is 2.26. The molecule has 1 aromatic heterocycles. The third-order valence-corrected chi connectivity index (χ3v) is 7.30. The van der Waals surface area contributed by atoms with Crippen LogP contribution in [-0.4, -0.2) is 41.1 Å². The van der Waals surface area contributed by atoms with Crippen LogP contribution in [0.15, 0.2) is 98.8 Å². The smallest absolute Gasteiger partial charge is 0.336 e. The zero-order chi connectivity index (χ0) is 33.7. The van der Waals surface area contributed by atoms with Gasteiger partial charge in [0.2, 0.25) is 0 Å². The van der Waals surface area contributed by atoms with Crippen molar-refractivity contribution in [3.63, 3.8) is 0 Å². The van der Waals surface area contributed by atoms with Gasteiger partial charge >= 0.3 is 11.6 Å². The maximum atomic E-state index is 12.7. The lowest BCUT2D eigenvalue weighted by Crippen LogP contribution is -2.39. The SMILES string of the molecule is CC(C)=CCCC(C)=CCOc1ccc(C=CC(=O)OC(CCC(C)=CCOc2ccc3ccc(=O)oc3c2)C(C)(C)O)c(O)c1. The number of ether oxygens (including phenoxy) is 3. The number of hydrogen-bond donors (Lipinski definition) is 2. The number of rotatable bonds is 16. The van der Waals surface area contributed by atoms with Gasteiger partial charge in [-0.05, 0) is 116 Å². The van der Waals surface area contributed by atoms with Crippen molar-refractivity contribution in [3.8, 4) is 17.2 Å². The van der Waals surface area contributed by atoms with Gasteiger partial charge < -0.3 is 28.8 Å². The van der Waals surface area contributed by atoms with E-state index in [0.29, 0.717) is 48.7 Å². The number of fused-ring (bicyclic) bond motifs is 1. The van der Waals surface area contributed by atoms with Gasteiger partial charge in [-0.15, -0.1) is 0 Å². The first-order valence-electron chi connectivity index (χ1n) is 15.5. The number of benzene rings is 2. The molecule has 46 heavy (non-hydrogen) atoms. The van der Waals surface area contributed by atoms with E-state index in [1.165, 1.54) is 35.4 Å². The number of hydrogen-bond acceptors (Lipinski definition) is 8. The summed E-state index contributed by atoms with van der Waals surface area (Å²) in [6.07, 6.45) is 11.0. The van der Waals surface area contributed by atoms with Crippen LogP contribution in [0.2, 0.25) is 0 Å². The molecule has 3 aromatic rings. The van der Waals surface area contributed by atoms with Crippen LogP contribution < -0.4 is 15.1 Å². The minimum absolute atomic E-state index is 0.0268. The fourth-order valence-electron chi connectivity index (χ4n) is 4.49. The summed E-state index contributed by atoms with van der Waals surface area (Å²) in [4.78, 5) is 24.1. The maximum Gasteiger partial charge on any atom is 0.336 e. The first kappa shape index (κ1) is 35.9. The van der Waals surface area contributed by atoms with Crippen molar-refractivity contribution >= 4 is 23.0 Å². The van der Waals surface area contributed by atoms with Gasteiger partial charge in [-0.25, -0.2) is 9.59 Å². The van der Waals surface area contributed by atoms with E-state index in [2.05, 4.69) is 26.8 Å². The van der Waals surface area contributed by atoms with Gasteiger partial charge in [0.25, 0.3) is 0 Å². The van der Waals surface area contributed by atoms with Crippen molar-refractivity contribution in [1.29, 1.82) is 0 Å². The number of aliphatic hydroxyl groups is 1. The Morgan fingerprint density at radius 3 is 2.17 bits per heavy atom. The molecule has 1 unspecified atom stereocenters. The van der Waals surface area contributed by atoms with Crippen molar-refractivity contribution in [2.45, 2.75) is 78.9 Å². The lowest BCUT2D eigenvalue weighted by Gasteiger charge is -2.28. The quantitative estimate of drug-likeness (QED) is 0.0707. The second-order valence-electron chi connectivity index (χ2n) is 12.2. The first-order chi connectivity index (χ1) is 21.8. The molecule has 3 rings (SSSR count). The molecule has 0 amide bonds. The molecular weight excluding hydrogens is 584 g/mol. The van der Waals surface area contributed by atoms with E-state index in [1.54, 1.807) is 44.2 Å². The summed E-state index contributed by atoms with van der Waals surface area (Å²) in [6.45, 7) is 12.1. The van der Waals surface area contributed by atoms with Crippen LogP contribution in [0, 0.1) is 0 Å². The summed E-state index contributed by atoms with van der Waals surface area (Å²) in [5, 5.41) is 21.9. The lowest BCUT2D eigenvalue weighted by atomic mass is 9.95. The van der Waals surface area contributed by atoms with Crippen LogP contribution in [0.4, 0.5) is 0 Å². The minimum atomic E-state index is -1.27. The molecule has 1 heterocycles. The molecule has 2 aromatic carbocycles. The van der Waals surface area contributed by atoms with Gasteiger partial charge in [-0.2, -0.15) is 0 Å². The second-order valence-corrected chi connectivity index (χ2v) is 12.2. The zero-order valence-electron chi connectivity index (χ0n) is 27.7. The van der Waals surface area contributed by atoms with E-state index in [1.807, 2.05) is 25.1 Å². The summed E-state index contributed by atoms with van der Waals surface area (Å²) in [5.74, 6) is 0.435. The van der Waals surface area contributed by atoms with Gasteiger partial charge in [0.15, 0.2) is 0 Å². The topological polar surface area (TPSA) is 115 Å². The van der Waals surface area contributed by atoms with Crippen molar-refractivity contribution in [3.05, 3.63) is 106 Å². The van der Waals surface area contributed by atoms with E-state index in [-0.39, 0.29) is 5.75 Å². The van der Waals surface area contributed by atoms with Gasteiger partial charge in [0.1, 0.15) is 42.1 Å². The molecule has 8 nitrogen and oxygen atoms in total. The van der Waals surface area contributed by atoms with E-state index in [0.717, 1.165) is 23.8 Å². The Hall–Kier alpha value is -4.56. The second kappa shape index (κ2) is 17.2. The monoisotopic (exact) mass is 630 g/mol. The minimum Gasteiger partial charge on any atom is -0.507 e. The van der Waals surface area contributed by atoms with E-state index in [4.69, 9.17) is 18.6 Å². The van der Waals surface area contributed by atoms with Crippen molar-refractivity contribution < 1.29 is 33.6 Å². The van der Waals surface area contributed by atoms with Crippen molar-refractivity contribution in [2.75, 3.05) is 13.2 Å². The number of aromatic hydroxyl groups is 1. The normalized spacial score (nSPS) is 13.1. The number of carbonyl (C=O) groups is 1. The van der Waals surface area contributed by atoms with Crippen LogP contribution in [0.3, 0.4) is 0 Å². The Morgan fingerprint density at radius 1 is 0.891 bits per heavy atom. The van der Waals surface area contributed by atoms with Crippen LogP contribution in [-0.2, 0) is 9.53 Å². The lowest BCUT2D eigenvalue weighted by molar-refractivity contribution is -0.156. The molecular formula is C38H46O8. The Balaban J connectivity index is 1.49. The van der Waals surface area contributed by atoms with Crippen LogP contribution in [0.25, 0.3) is 17.0 Å². The average Bonchev–Trinajstić information content (AvgIpc) is 2.98. The summed E-state index contributed by atoms with van der Waals surface area (Å²) in [5.41, 5.74) is 2.74. The summed E-state index contributed by atoms with van der Waals surface area (Å²) in [6, 6.07) is 13.3. The molecule has 0 radical (unpaired) electrons. The molecule has 1 atom stereocenters. The third kappa shape index (κ3) is 12.4. The number of esters is 1. The van der Waals surface area contributed by atoms with Gasteiger partial charge in [-0.1, -0.05) is 22.8 Å². The molecule has 0 aliphatic heterocycles. The Morgan fingerprint density at radius 2 is 1.52 bits per heavy atom. The highest BCUT2D eigenvalue weighted by Gasteiger charge is 2.29. The summed E-state index contributed by atoms with van der Waals surface area (Å²) < 4.78 is 22.3. The zero-order valence-corrected chi connectivity index (χ0v) is 27.7. The molecule has 0 bridgehead atoms. The number of phenolic OH excluding ortho intramolecular Hbond substituents is 1. The summed E-state index contributed by atoms with van der Waals surface area (Å²) in [7, 11) is 0. The van der Waals surface area contributed by atoms with Gasteiger partial charge in [0.05, 0.1) is 5.60 Å². The maximum absolute atomic E-state index is 12.7. The van der Waals surface area contributed by atoms with Crippen molar-refractivity contribution in [1.82, 2.24) is 0 Å². The fraction of sp³-hybridized carbons (Fsp3) is 0.368. The molecule has 0 aliphatic rings. The highest BCUT2D eigenvalue weighted by atomic mass is 16.6. The Bertz CT molecular complexity index is 1650. The highest BCUT2D eigenvalue weighted by molar-refractivity contribution is 5.87. The van der Waals surface area contributed by atoms with E-state index in [9.17, 15) is 19.8 Å².